The van der Waals surface area contributed by atoms with Crippen LogP contribution in [0.2, 0.25) is 5.02 Å². The molecule has 3 aromatic heterocycles. The summed E-state index contributed by atoms with van der Waals surface area (Å²) in [5.41, 5.74) is 0.473. The number of halogens is 4. The van der Waals surface area contributed by atoms with Crippen molar-refractivity contribution in [1.82, 2.24) is 19.4 Å². The lowest BCUT2D eigenvalue weighted by atomic mass is 9.85. The summed E-state index contributed by atoms with van der Waals surface area (Å²) in [6, 6.07) is 7.34. The summed E-state index contributed by atoms with van der Waals surface area (Å²) in [5, 5.41) is 11.5. The Morgan fingerprint density at radius 1 is 1.12 bits per heavy atom. The summed E-state index contributed by atoms with van der Waals surface area (Å²) in [6.45, 7) is 2.61. The molecule has 1 aliphatic heterocycles. The van der Waals surface area contributed by atoms with E-state index < -0.39 is 17.5 Å². The molecule has 0 radical (unpaired) electrons. The van der Waals surface area contributed by atoms with E-state index in [4.69, 9.17) is 16.3 Å². The van der Waals surface area contributed by atoms with Gasteiger partial charge in [-0.05, 0) is 36.8 Å². The molecule has 1 aliphatic rings. The molecule has 0 saturated carbocycles. The maximum Gasteiger partial charge on any atom is 0.433 e. The highest BCUT2D eigenvalue weighted by atomic mass is 35.5. The average Bonchev–Trinajstić information content (AvgIpc) is 3.19. The van der Waals surface area contributed by atoms with Crippen molar-refractivity contribution in [1.29, 1.82) is 0 Å². The zero-order valence-electron chi connectivity index (χ0n) is 16.9. The van der Waals surface area contributed by atoms with Gasteiger partial charge in [-0.2, -0.15) is 13.2 Å². The molecular formula is C22H18ClF3N4O2. The molecular weight excluding hydrogens is 445 g/mol. The van der Waals surface area contributed by atoms with Crippen molar-refractivity contribution in [2.45, 2.75) is 31.5 Å². The number of hydrogen-bond donors (Lipinski definition) is 1. The van der Waals surface area contributed by atoms with Crippen LogP contribution in [-0.2, 0) is 16.5 Å². The number of fused-ring (bicyclic) bond motifs is 3. The van der Waals surface area contributed by atoms with E-state index in [1.807, 2.05) is 0 Å². The average molecular weight is 463 g/mol. The van der Waals surface area contributed by atoms with E-state index in [0.717, 1.165) is 6.07 Å². The fourth-order valence-electron chi connectivity index (χ4n) is 4.08. The lowest BCUT2D eigenvalue weighted by molar-refractivity contribution is -0.141. The Balaban J connectivity index is 1.77. The Morgan fingerprint density at radius 3 is 2.59 bits per heavy atom. The second kappa shape index (κ2) is 7.40. The van der Waals surface area contributed by atoms with Crippen LogP contribution < -0.4 is 0 Å². The van der Waals surface area contributed by atoms with E-state index in [9.17, 15) is 18.3 Å². The number of pyridine rings is 1. The van der Waals surface area contributed by atoms with Crippen LogP contribution in [0.25, 0.3) is 28.1 Å². The number of imidazole rings is 1. The number of aliphatic hydroxyl groups is 1. The predicted molar refractivity (Wildman–Crippen MR) is 112 cm³/mol. The second-order valence-corrected chi connectivity index (χ2v) is 8.28. The van der Waals surface area contributed by atoms with Crippen LogP contribution in [0.5, 0.6) is 0 Å². The van der Waals surface area contributed by atoms with E-state index >= 15 is 0 Å². The number of alkyl halides is 3. The molecule has 0 aliphatic carbocycles. The van der Waals surface area contributed by atoms with Crippen molar-refractivity contribution in [3.8, 4) is 11.4 Å². The molecule has 1 fully saturated rings. The van der Waals surface area contributed by atoms with Crippen LogP contribution in [0.4, 0.5) is 13.2 Å². The smallest absolute Gasteiger partial charge is 0.385 e. The van der Waals surface area contributed by atoms with Gasteiger partial charge in [-0.15, -0.1) is 0 Å². The first kappa shape index (κ1) is 21.1. The molecule has 0 spiro atoms. The number of aromatic nitrogens is 4. The highest BCUT2D eigenvalue weighted by molar-refractivity contribution is 6.33. The summed E-state index contributed by atoms with van der Waals surface area (Å²) in [6.07, 6.45) is -2.21. The molecule has 10 heteroatoms. The standard InChI is InChI=1S/C22H18ClF3N4O2/c1-12-17-11-27-19(30(17)20-16(28-12)4-5-18(29-20)22(24,25)26)14-10-13(2-3-15(14)23)21(31)6-8-32-9-7-21/h2-5,10-11,31H,6-9H2,1H3. The number of aryl methyl sites for hydroxylation is 1. The van der Waals surface area contributed by atoms with Crippen molar-refractivity contribution < 1.29 is 23.0 Å². The van der Waals surface area contributed by atoms with Crippen LogP contribution >= 0.6 is 11.6 Å². The number of hydrogen-bond acceptors (Lipinski definition) is 5. The number of ether oxygens (including phenoxy) is 1. The Labute approximate surface area is 185 Å². The van der Waals surface area contributed by atoms with Gasteiger partial charge >= 0.3 is 6.18 Å². The molecule has 1 saturated heterocycles. The van der Waals surface area contributed by atoms with Gasteiger partial charge in [0, 0.05) is 31.6 Å². The van der Waals surface area contributed by atoms with Gasteiger partial charge in [0.1, 0.15) is 17.0 Å². The van der Waals surface area contributed by atoms with Crippen molar-refractivity contribution in [3.63, 3.8) is 0 Å². The minimum atomic E-state index is -4.60. The molecule has 0 atom stereocenters. The van der Waals surface area contributed by atoms with Gasteiger partial charge in [0.15, 0.2) is 5.65 Å². The van der Waals surface area contributed by atoms with E-state index in [1.54, 1.807) is 25.1 Å². The largest absolute Gasteiger partial charge is 0.433 e. The number of nitrogens with zero attached hydrogens (tertiary/aromatic N) is 4. The first-order valence-electron chi connectivity index (χ1n) is 10.00. The van der Waals surface area contributed by atoms with Gasteiger partial charge in [0.05, 0.1) is 28.0 Å². The van der Waals surface area contributed by atoms with E-state index in [0.29, 0.717) is 64.8 Å². The van der Waals surface area contributed by atoms with Crippen LogP contribution in [0, 0.1) is 6.92 Å². The molecule has 0 unspecified atom stereocenters. The van der Waals surface area contributed by atoms with Crippen LogP contribution in [0.1, 0.15) is 29.8 Å². The van der Waals surface area contributed by atoms with Gasteiger partial charge in [0.25, 0.3) is 0 Å². The van der Waals surface area contributed by atoms with Gasteiger partial charge in [-0.1, -0.05) is 17.7 Å². The monoisotopic (exact) mass is 462 g/mol. The van der Waals surface area contributed by atoms with Gasteiger partial charge in [-0.3, -0.25) is 4.40 Å². The Bertz CT molecular complexity index is 1350. The molecule has 5 rings (SSSR count). The van der Waals surface area contributed by atoms with E-state index in [2.05, 4.69) is 15.0 Å². The first-order chi connectivity index (χ1) is 15.2. The summed E-state index contributed by atoms with van der Waals surface area (Å²) in [7, 11) is 0. The summed E-state index contributed by atoms with van der Waals surface area (Å²) >= 11 is 6.49. The first-order valence-corrected chi connectivity index (χ1v) is 10.4. The SMILES string of the molecule is Cc1nc2ccc(C(F)(F)F)nc2n2c(-c3cc(C4(O)CCOCC4)ccc3Cl)ncc12. The highest BCUT2D eigenvalue weighted by Gasteiger charge is 2.34. The molecule has 1 aromatic carbocycles. The van der Waals surface area contributed by atoms with Gasteiger partial charge in [0.2, 0.25) is 0 Å². The highest BCUT2D eigenvalue weighted by Crippen LogP contribution is 2.38. The third-order valence-electron chi connectivity index (χ3n) is 5.84. The van der Waals surface area contributed by atoms with Gasteiger partial charge < -0.3 is 9.84 Å². The van der Waals surface area contributed by atoms with Gasteiger partial charge in [-0.25, -0.2) is 15.0 Å². The molecule has 4 aromatic rings. The minimum absolute atomic E-state index is 0.0270. The molecule has 1 N–H and O–H groups in total. The fourth-order valence-corrected chi connectivity index (χ4v) is 4.29. The Hall–Kier alpha value is -2.75. The zero-order chi connectivity index (χ0) is 22.7. The minimum Gasteiger partial charge on any atom is -0.385 e. The van der Waals surface area contributed by atoms with Crippen molar-refractivity contribution in [2.24, 2.45) is 0 Å². The van der Waals surface area contributed by atoms with Crippen LogP contribution in [-0.4, -0.2) is 37.7 Å². The molecule has 32 heavy (non-hydrogen) atoms. The number of benzene rings is 1. The quantitative estimate of drug-likeness (QED) is 0.457. The summed E-state index contributed by atoms with van der Waals surface area (Å²) in [5.74, 6) is 0.324. The van der Waals surface area contributed by atoms with Crippen molar-refractivity contribution >= 4 is 28.3 Å². The molecule has 0 bridgehead atoms. The lowest BCUT2D eigenvalue weighted by Crippen LogP contribution is -2.33. The molecule has 4 heterocycles. The zero-order valence-corrected chi connectivity index (χ0v) is 17.7. The van der Waals surface area contributed by atoms with E-state index in [1.165, 1.54) is 16.7 Å². The van der Waals surface area contributed by atoms with Crippen LogP contribution in [0.3, 0.4) is 0 Å². The normalized spacial score (nSPS) is 16.7. The molecule has 0 amide bonds. The molecule has 166 valence electrons. The van der Waals surface area contributed by atoms with Crippen molar-refractivity contribution in [3.05, 3.63) is 58.5 Å². The molecule has 6 nitrogen and oxygen atoms in total. The van der Waals surface area contributed by atoms with Crippen LogP contribution in [0.15, 0.2) is 36.5 Å². The Kier molecular flexibility index (Phi) is 4.88. The van der Waals surface area contributed by atoms with E-state index in [-0.39, 0.29) is 5.65 Å². The third-order valence-corrected chi connectivity index (χ3v) is 6.17. The maximum atomic E-state index is 13.3. The second-order valence-electron chi connectivity index (χ2n) is 7.88. The van der Waals surface area contributed by atoms with Crippen molar-refractivity contribution in [2.75, 3.05) is 13.2 Å². The maximum absolute atomic E-state index is 13.3. The predicted octanol–water partition coefficient (Wildman–Crippen LogP) is 4.92. The lowest BCUT2D eigenvalue weighted by Gasteiger charge is -2.32. The topological polar surface area (TPSA) is 72.5 Å². The number of rotatable bonds is 2. The fraction of sp³-hybridized carbons (Fsp3) is 0.318. The summed E-state index contributed by atoms with van der Waals surface area (Å²) < 4.78 is 46.9. The summed E-state index contributed by atoms with van der Waals surface area (Å²) in [4.78, 5) is 12.7. The third kappa shape index (κ3) is 3.41. The Morgan fingerprint density at radius 2 is 1.88 bits per heavy atom.